The Bertz CT molecular complexity index is 1530. The average Bonchev–Trinajstić information content (AvgIpc) is 2.85. The fourth-order valence-electron chi connectivity index (χ4n) is 3.73. The molecule has 1 aromatic carbocycles. The fraction of sp³-hybridized carbons (Fsp3) is 0.240. The smallest absolute Gasteiger partial charge is 0.279 e. The van der Waals surface area contributed by atoms with E-state index in [9.17, 15) is 14.9 Å². The van der Waals surface area contributed by atoms with Crippen molar-refractivity contribution in [1.29, 1.82) is 5.26 Å². The van der Waals surface area contributed by atoms with Gasteiger partial charge in [0.25, 0.3) is 11.5 Å². The highest BCUT2D eigenvalue weighted by Crippen LogP contribution is 2.14. The van der Waals surface area contributed by atoms with Gasteiger partial charge in [-0.3, -0.25) is 14.0 Å². The van der Waals surface area contributed by atoms with E-state index in [-0.39, 0.29) is 16.6 Å². The highest BCUT2D eigenvalue weighted by molar-refractivity contribution is 5.95. The number of carbonyl (C=O) groups is 1. The van der Waals surface area contributed by atoms with E-state index in [1.165, 1.54) is 17.6 Å². The molecule has 0 atom stereocenters. The normalized spacial score (nSPS) is 11.6. The second-order valence-electron chi connectivity index (χ2n) is 7.58. The van der Waals surface area contributed by atoms with Crippen LogP contribution in [0.4, 0.5) is 0 Å². The number of hydrogen-bond acceptors (Lipinski definition) is 5. The second kappa shape index (κ2) is 9.49. The van der Waals surface area contributed by atoms with E-state index < -0.39 is 5.91 Å². The molecule has 8 nitrogen and oxygen atoms in total. The fourth-order valence-corrected chi connectivity index (χ4v) is 3.73. The third-order valence-corrected chi connectivity index (χ3v) is 5.42. The summed E-state index contributed by atoms with van der Waals surface area (Å²) in [6.45, 7) is 2.56. The number of ether oxygens (including phenoxy) is 1. The summed E-state index contributed by atoms with van der Waals surface area (Å²) in [5.74, 6) is 0.0264. The zero-order valence-electron chi connectivity index (χ0n) is 18.5. The van der Waals surface area contributed by atoms with E-state index in [0.717, 1.165) is 19.3 Å². The number of pyridine rings is 2. The Labute approximate surface area is 190 Å². The van der Waals surface area contributed by atoms with Crippen LogP contribution < -0.4 is 15.8 Å². The summed E-state index contributed by atoms with van der Waals surface area (Å²) in [7, 11) is 1.52. The van der Waals surface area contributed by atoms with Crippen LogP contribution in [0.25, 0.3) is 16.7 Å². The third-order valence-electron chi connectivity index (χ3n) is 5.42. The molecule has 0 aliphatic rings. The molecule has 0 radical (unpaired) electrons. The molecule has 0 saturated carbocycles. The number of hydrogen-bond donors (Lipinski definition) is 0. The minimum Gasteiger partial charge on any atom is -0.497 e. The molecule has 8 heteroatoms. The van der Waals surface area contributed by atoms with Crippen molar-refractivity contribution in [2.75, 3.05) is 7.11 Å². The van der Waals surface area contributed by atoms with Gasteiger partial charge in [-0.1, -0.05) is 31.9 Å². The highest BCUT2D eigenvalue weighted by atomic mass is 16.5. The van der Waals surface area contributed by atoms with Crippen molar-refractivity contribution in [2.45, 2.75) is 32.7 Å². The molecule has 1 amide bonds. The molecule has 4 aromatic rings. The van der Waals surface area contributed by atoms with Crippen LogP contribution in [0.1, 0.15) is 42.1 Å². The van der Waals surface area contributed by atoms with Gasteiger partial charge in [-0.25, -0.2) is 4.98 Å². The molecule has 0 unspecified atom stereocenters. The van der Waals surface area contributed by atoms with Crippen molar-refractivity contribution in [3.05, 3.63) is 81.7 Å². The number of methoxy groups -OCH3 is 1. The molecule has 0 spiro atoms. The lowest BCUT2D eigenvalue weighted by Gasteiger charge is -2.13. The molecule has 0 bridgehead atoms. The molecule has 4 rings (SSSR count). The SMILES string of the molecule is CCCCCn1c(=NC(=O)c2cccc(OC)c2)c(C#N)cc2c(=O)n3ccccc3nc21. The summed E-state index contributed by atoms with van der Waals surface area (Å²) in [6, 6.07) is 15.5. The lowest BCUT2D eigenvalue weighted by Crippen LogP contribution is -2.29. The van der Waals surface area contributed by atoms with Crippen molar-refractivity contribution in [2.24, 2.45) is 4.99 Å². The number of carbonyl (C=O) groups excluding carboxylic acids is 1. The maximum absolute atomic E-state index is 13.2. The summed E-state index contributed by atoms with van der Waals surface area (Å²) in [4.78, 5) is 35.2. The van der Waals surface area contributed by atoms with Gasteiger partial charge in [0.15, 0.2) is 5.49 Å². The number of aromatic nitrogens is 3. The van der Waals surface area contributed by atoms with Crippen LogP contribution in [0, 0.1) is 11.3 Å². The Kier molecular flexibility index (Phi) is 6.31. The Hall–Kier alpha value is -4.25. The summed E-state index contributed by atoms with van der Waals surface area (Å²) in [5.41, 5.74) is 1.28. The second-order valence-corrected chi connectivity index (χ2v) is 7.58. The molecule has 0 aliphatic heterocycles. The number of rotatable bonds is 6. The average molecular weight is 441 g/mol. The zero-order valence-corrected chi connectivity index (χ0v) is 18.5. The van der Waals surface area contributed by atoms with Crippen molar-refractivity contribution >= 4 is 22.6 Å². The van der Waals surface area contributed by atoms with Gasteiger partial charge in [-0.05, 0) is 42.8 Å². The molecule has 3 heterocycles. The first kappa shape index (κ1) is 22.0. The summed E-state index contributed by atoms with van der Waals surface area (Å²) < 4.78 is 8.36. The van der Waals surface area contributed by atoms with Crippen molar-refractivity contribution in [3.63, 3.8) is 0 Å². The number of nitriles is 1. The Morgan fingerprint density at radius 3 is 2.79 bits per heavy atom. The number of aryl methyl sites for hydroxylation is 1. The van der Waals surface area contributed by atoms with Gasteiger partial charge in [0.1, 0.15) is 23.1 Å². The van der Waals surface area contributed by atoms with Gasteiger partial charge in [-0.15, -0.1) is 0 Å². The monoisotopic (exact) mass is 441 g/mol. The summed E-state index contributed by atoms with van der Waals surface area (Å²) in [5, 5.41) is 10.2. The summed E-state index contributed by atoms with van der Waals surface area (Å²) >= 11 is 0. The minimum atomic E-state index is -0.508. The number of amides is 1. The first-order valence-corrected chi connectivity index (χ1v) is 10.8. The maximum atomic E-state index is 13.2. The number of fused-ring (bicyclic) bond motifs is 2. The molecular formula is C25H23N5O3. The van der Waals surface area contributed by atoms with Crippen LogP contribution in [-0.4, -0.2) is 27.0 Å². The van der Waals surface area contributed by atoms with Crippen LogP contribution in [-0.2, 0) is 6.54 Å². The van der Waals surface area contributed by atoms with Crippen LogP contribution in [0.3, 0.4) is 0 Å². The predicted octanol–water partition coefficient (Wildman–Crippen LogP) is 3.46. The molecule has 0 N–H and O–H groups in total. The lowest BCUT2D eigenvalue weighted by atomic mass is 10.2. The van der Waals surface area contributed by atoms with Crippen LogP contribution in [0.2, 0.25) is 0 Å². The highest BCUT2D eigenvalue weighted by Gasteiger charge is 2.15. The maximum Gasteiger partial charge on any atom is 0.279 e. The van der Waals surface area contributed by atoms with Gasteiger partial charge in [0, 0.05) is 18.3 Å². The van der Waals surface area contributed by atoms with E-state index in [1.54, 1.807) is 53.2 Å². The molecular weight excluding hydrogens is 418 g/mol. The number of benzene rings is 1. The Balaban J connectivity index is 2.03. The Morgan fingerprint density at radius 2 is 2.03 bits per heavy atom. The third kappa shape index (κ3) is 4.26. The van der Waals surface area contributed by atoms with Gasteiger partial charge in [-0.2, -0.15) is 10.3 Å². The quantitative estimate of drug-likeness (QED) is 0.337. The first-order chi connectivity index (χ1) is 16.1. The van der Waals surface area contributed by atoms with Crippen LogP contribution >= 0.6 is 0 Å². The van der Waals surface area contributed by atoms with Crippen LogP contribution in [0.15, 0.2) is 64.5 Å². The molecule has 0 aliphatic carbocycles. The molecule has 166 valence electrons. The molecule has 33 heavy (non-hydrogen) atoms. The largest absolute Gasteiger partial charge is 0.497 e. The van der Waals surface area contributed by atoms with Crippen LogP contribution in [0.5, 0.6) is 5.75 Å². The Morgan fingerprint density at radius 1 is 1.18 bits per heavy atom. The van der Waals surface area contributed by atoms with E-state index in [4.69, 9.17) is 4.74 Å². The van der Waals surface area contributed by atoms with E-state index in [1.807, 2.05) is 0 Å². The standard InChI is InChI=1S/C25H23N5O3/c1-3-4-6-13-30-22(28-24(31)17-9-8-10-19(14-17)33-2)18(16-26)15-20-23(30)27-21-11-5-7-12-29(21)25(20)32/h5,7-12,14-15H,3-4,6,13H2,1-2H3. The van der Waals surface area contributed by atoms with Gasteiger partial charge < -0.3 is 9.30 Å². The number of unbranched alkanes of at least 4 members (excludes halogenated alkanes) is 2. The van der Waals surface area contributed by atoms with E-state index >= 15 is 0 Å². The van der Waals surface area contributed by atoms with Gasteiger partial charge in [0.2, 0.25) is 0 Å². The topological polar surface area (TPSA) is 102 Å². The molecule has 3 aromatic heterocycles. The lowest BCUT2D eigenvalue weighted by molar-refractivity contribution is 0.0996. The minimum absolute atomic E-state index is 0.144. The van der Waals surface area contributed by atoms with Crippen molar-refractivity contribution < 1.29 is 9.53 Å². The van der Waals surface area contributed by atoms with E-state index in [2.05, 4.69) is 23.0 Å². The predicted molar refractivity (Wildman–Crippen MR) is 124 cm³/mol. The molecule has 0 fully saturated rings. The van der Waals surface area contributed by atoms with Crippen molar-refractivity contribution in [3.8, 4) is 11.8 Å². The summed E-state index contributed by atoms with van der Waals surface area (Å²) in [6.07, 6.45) is 4.37. The number of nitrogens with zero attached hydrogens (tertiary/aromatic N) is 5. The first-order valence-electron chi connectivity index (χ1n) is 10.8. The molecule has 0 saturated heterocycles. The van der Waals surface area contributed by atoms with Gasteiger partial charge >= 0.3 is 0 Å². The van der Waals surface area contributed by atoms with E-state index in [0.29, 0.717) is 34.5 Å². The zero-order chi connectivity index (χ0) is 23.4. The van der Waals surface area contributed by atoms with Crippen molar-refractivity contribution in [1.82, 2.24) is 14.0 Å². The van der Waals surface area contributed by atoms with Gasteiger partial charge in [0.05, 0.1) is 18.1 Å².